The predicted molar refractivity (Wildman–Crippen MR) is 105 cm³/mol. The lowest BCUT2D eigenvalue weighted by Gasteiger charge is -2.26. The summed E-state index contributed by atoms with van der Waals surface area (Å²) >= 11 is 0. The van der Waals surface area contributed by atoms with E-state index in [9.17, 15) is 9.59 Å². The number of rotatable bonds is 7. The third kappa shape index (κ3) is 5.51. The van der Waals surface area contributed by atoms with Gasteiger partial charge >= 0.3 is 5.97 Å². The fourth-order valence-corrected chi connectivity index (χ4v) is 2.82. The van der Waals surface area contributed by atoms with Crippen LogP contribution in [0.5, 0.6) is 0 Å². The van der Waals surface area contributed by atoms with E-state index in [1.807, 2.05) is 0 Å². The van der Waals surface area contributed by atoms with Gasteiger partial charge in [-0.15, -0.1) is 0 Å². The van der Waals surface area contributed by atoms with E-state index >= 15 is 0 Å². The van der Waals surface area contributed by atoms with E-state index in [1.54, 1.807) is 42.6 Å². The van der Waals surface area contributed by atoms with Crippen LogP contribution in [-0.4, -0.2) is 68.3 Å². The molecule has 2 aromatic rings. The molecule has 1 aromatic heterocycles. The summed E-state index contributed by atoms with van der Waals surface area (Å²) in [5.41, 5.74) is 2.40. The van der Waals surface area contributed by atoms with Crippen molar-refractivity contribution in [1.29, 1.82) is 0 Å². The van der Waals surface area contributed by atoms with Crippen LogP contribution in [0, 0.1) is 0 Å². The third-order valence-corrected chi connectivity index (χ3v) is 4.41. The Balaban J connectivity index is 1.48. The first-order chi connectivity index (χ1) is 13.7. The van der Waals surface area contributed by atoms with Crippen molar-refractivity contribution >= 4 is 23.3 Å². The number of ether oxygens (including phenoxy) is 2. The lowest BCUT2D eigenvalue weighted by atomic mass is 10.2. The summed E-state index contributed by atoms with van der Waals surface area (Å²) in [6.45, 7) is 4.66. The maximum atomic E-state index is 12.2. The van der Waals surface area contributed by atoms with Gasteiger partial charge in [-0.3, -0.25) is 9.69 Å². The summed E-state index contributed by atoms with van der Waals surface area (Å²) in [5, 5.41) is 6.07. The second-order valence-electron chi connectivity index (χ2n) is 6.34. The molecule has 0 atom stereocenters. The highest BCUT2D eigenvalue weighted by molar-refractivity contribution is 5.92. The molecule has 8 heteroatoms. The predicted octanol–water partition coefficient (Wildman–Crippen LogP) is 1.67. The zero-order valence-corrected chi connectivity index (χ0v) is 15.8. The molecule has 0 aliphatic carbocycles. The summed E-state index contributed by atoms with van der Waals surface area (Å²) in [5.74, 6) is -0.570. The molecule has 1 amide bonds. The van der Waals surface area contributed by atoms with Crippen LogP contribution < -0.4 is 10.6 Å². The minimum Gasteiger partial charge on any atom is -0.465 e. The average Bonchev–Trinajstić information content (AvgIpc) is 2.75. The van der Waals surface area contributed by atoms with Crippen LogP contribution in [0.2, 0.25) is 0 Å². The number of morpholine rings is 1. The van der Waals surface area contributed by atoms with Crippen molar-refractivity contribution < 1.29 is 19.1 Å². The van der Waals surface area contributed by atoms with Gasteiger partial charge in [0.05, 0.1) is 37.8 Å². The molecule has 148 valence electrons. The van der Waals surface area contributed by atoms with Gasteiger partial charge in [-0.1, -0.05) is 0 Å². The Kier molecular flexibility index (Phi) is 6.94. The van der Waals surface area contributed by atoms with E-state index in [4.69, 9.17) is 4.74 Å². The highest BCUT2D eigenvalue weighted by atomic mass is 16.5. The van der Waals surface area contributed by atoms with Crippen molar-refractivity contribution in [3.63, 3.8) is 0 Å². The Morgan fingerprint density at radius 3 is 2.46 bits per heavy atom. The molecule has 2 heterocycles. The van der Waals surface area contributed by atoms with E-state index in [0.717, 1.165) is 44.2 Å². The van der Waals surface area contributed by atoms with E-state index in [0.29, 0.717) is 17.8 Å². The number of carbonyl (C=O) groups excluding carboxylic acids is 2. The van der Waals surface area contributed by atoms with Gasteiger partial charge in [0.2, 0.25) is 0 Å². The number of pyridine rings is 1. The molecule has 1 aliphatic rings. The fraction of sp³-hybridized carbons (Fsp3) is 0.350. The number of hydrogen-bond donors (Lipinski definition) is 2. The maximum absolute atomic E-state index is 12.2. The highest BCUT2D eigenvalue weighted by Gasteiger charge is 2.11. The number of amides is 1. The van der Waals surface area contributed by atoms with Gasteiger partial charge in [0.25, 0.3) is 5.91 Å². The number of nitrogens with one attached hydrogen (secondary N) is 2. The molecule has 8 nitrogen and oxygen atoms in total. The molecule has 2 N–H and O–H groups in total. The minimum atomic E-state index is -0.378. The molecule has 1 aliphatic heterocycles. The molecule has 0 unspecified atom stereocenters. The number of benzene rings is 1. The van der Waals surface area contributed by atoms with Crippen LogP contribution in [0.3, 0.4) is 0 Å². The summed E-state index contributed by atoms with van der Waals surface area (Å²) in [7, 11) is 1.35. The van der Waals surface area contributed by atoms with Crippen molar-refractivity contribution in [1.82, 2.24) is 15.2 Å². The lowest BCUT2D eigenvalue weighted by molar-refractivity contribution is 0.0383. The zero-order chi connectivity index (χ0) is 19.8. The Morgan fingerprint density at radius 2 is 1.82 bits per heavy atom. The van der Waals surface area contributed by atoms with Crippen molar-refractivity contribution in [2.24, 2.45) is 0 Å². The molecule has 0 saturated carbocycles. The van der Waals surface area contributed by atoms with Gasteiger partial charge in [-0.25, -0.2) is 9.78 Å². The summed E-state index contributed by atoms with van der Waals surface area (Å²) in [6.07, 6.45) is 1.60. The molecule has 3 rings (SSSR count). The Bertz CT molecular complexity index is 787. The van der Waals surface area contributed by atoms with E-state index in [1.165, 1.54) is 7.11 Å². The smallest absolute Gasteiger partial charge is 0.337 e. The normalized spacial score (nSPS) is 14.3. The first-order valence-electron chi connectivity index (χ1n) is 9.15. The van der Waals surface area contributed by atoms with Crippen LogP contribution >= 0.6 is 0 Å². The number of aromatic nitrogens is 1. The quantitative estimate of drug-likeness (QED) is 0.702. The molecular weight excluding hydrogens is 360 g/mol. The van der Waals surface area contributed by atoms with Gasteiger partial charge in [-0.2, -0.15) is 0 Å². The first kappa shape index (κ1) is 19.8. The van der Waals surface area contributed by atoms with E-state index in [-0.39, 0.29) is 11.9 Å². The molecule has 1 saturated heterocycles. The largest absolute Gasteiger partial charge is 0.465 e. The van der Waals surface area contributed by atoms with Crippen molar-refractivity contribution in [3.05, 3.63) is 53.9 Å². The van der Waals surface area contributed by atoms with Gasteiger partial charge in [-0.05, 0) is 36.4 Å². The summed E-state index contributed by atoms with van der Waals surface area (Å²) < 4.78 is 9.98. The second-order valence-corrected chi connectivity index (χ2v) is 6.34. The lowest BCUT2D eigenvalue weighted by Crippen LogP contribution is -2.41. The number of esters is 1. The van der Waals surface area contributed by atoms with Crippen LogP contribution in [0.4, 0.5) is 11.4 Å². The average molecular weight is 384 g/mol. The van der Waals surface area contributed by atoms with Crippen molar-refractivity contribution in [2.45, 2.75) is 0 Å². The number of nitrogens with zero attached hydrogens (tertiary/aromatic N) is 2. The third-order valence-electron chi connectivity index (χ3n) is 4.41. The molecule has 0 spiro atoms. The van der Waals surface area contributed by atoms with E-state index < -0.39 is 0 Å². The number of anilines is 2. The summed E-state index contributed by atoms with van der Waals surface area (Å²) in [4.78, 5) is 30.1. The first-order valence-corrected chi connectivity index (χ1v) is 9.15. The Morgan fingerprint density at radius 1 is 1.11 bits per heavy atom. The van der Waals surface area contributed by atoms with Crippen LogP contribution in [-0.2, 0) is 9.47 Å². The Hall–Kier alpha value is -2.97. The molecule has 1 fully saturated rings. The number of hydrogen-bond acceptors (Lipinski definition) is 7. The monoisotopic (exact) mass is 384 g/mol. The molecule has 0 bridgehead atoms. The van der Waals surface area contributed by atoms with Gasteiger partial charge in [0.1, 0.15) is 5.69 Å². The zero-order valence-electron chi connectivity index (χ0n) is 15.8. The summed E-state index contributed by atoms with van der Waals surface area (Å²) in [6, 6.07) is 10.4. The SMILES string of the molecule is COC(=O)c1ccc(Nc2ccc(C(=O)NCCN3CCOCC3)nc2)cc1. The molecule has 28 heavy (non-hydrogen) atoms. The van der Waals surface area contributed by atoms with Crippen LogP contribution in [0.15, 0.2) is 42.6 Å². The van der Waals surface area contributed by atoms with Crippen LogP contribution in [0.1, 0.15) is 20.8 Å². The van der Waals surface area contributed by atoms with Crippen molar-refractivity contribution in [2.75, 3.05) is 51.8 Å². The number of methoxy groups -OCH3 is 1. The standard InChI is InChI=1S/C20H24N4O4/c1-27-20(26)15-2-4-16(5-3-15)23-17-6-7-18(22-14-17)19(25)21-8-9-24-10-12-28-13-11-24/h2-7,14,23H,8-13H2,1H3,(H,21,25). The van der Waals surface area contributed by atoms with Gasteiger partial charge in [0.15, 0.2) is 0 Å². The Labute approximate surface area is 163 Å². The highest BCUT2D eigenvalue weighted by Crippen LogP contribution is 2.17. The number of carbonyl (C=O) groups is 2. The van der Waals surface area contributed by atoms with Gasteiger partial charge < -0.3 is 20.1 Å². The molecular formula is C20H24N4O4. The fourth-order valence-electron chi connectivity index (χ4n) is 2.82. The van der Waals surface area contributed by atoms with E-state index in [2.05, 4.69) is 25.3 Å². The minimum absolute atomic E-state index is 0.192. The van der Waals surface area contributed by atoms with Crippen LogP contribution in [0.25, 0.3) is 0 Å². The second kappa shape index (κ2) is 9.82. The van der Waals surface area contributed by atoms with Gasteiger partial charge in [0, 0.05) is 31.9 Å². The molecule has 0 radical (unpaired) electrons. The topological polar surface area (TPSA) is 92.8 Å². The molecule has 1 aromatic carbocycles. The maximum Gasteiger partial charge on any atom is 0.337 e. The van der Waals surface area contributed by atoms with Crippen molar-refractivity contribution in [3.8, 4) is 0 Å².